The van der Waals surface area contributed by atoms with Gasteiger partial charge < -0.3 is 7.43 Å². The Hall–Kier alpha value is -0.976. The molecule has 0 heterocycles. The second-order valence-electron chi connectivity index (χ2n) is 3.72. The van der Waals surface area contributed by atoms with Crippen LogP contribution in [0.3, 0.4) is 0 Å². The van der Waals surface area contributed by atoms with Crippen LogP contribution >= 0.6 is 0 Å². The molecule has 0 saturated carbocycles. The van der Waals surface area contributed by atoms with Gasteiger partial charge >= 0.3 is 0 Å². The Kier molecular flexibility index (Phi) is 174. The molecule has 28 heavy (non-hydrogen) atoms. The van der Waals surface area contributed by atoms with Crippen LogP contribution in [0.2, 0.25) is 0 Å². The van der Waals surface area contributed by atoms with Crippen LogP contribution in [0, 0.1) is 7.43 Å². The van der Waals surface area contributed by atoms with Gasteiger partial charge in [-0.15, -0.1) is 0 Å². The molecule has 0 aromatic heterocycles. The summed E-state index contributed by atoms with van der Waals surface area (Å²) in [6.45, 7) is 24.5. The Balaban J connectivity index is -0.0000000286. The van der Waals surface area contributed by atoms with Crippen molar-refractivity contribution < 1.29 is 18.6 Å². The largest absolute Gasteiger partial charge is 0.358 e. The SMILES string of the molecule is CC.CC.CC.CC.CCC.CCC.[CH3-].[V].c1ccccc1.c1ccccc1. The minimum Gasteiger partial charge on any atom is -0.358 e. The Morgan fingerprint density at radius 3 is 0.393 bits per heavy atom. The minimum atomic E-state index is 0. The van der Waals surface area contributed by atoms with Crippen molar-refractivity contribution in [3.63, 3.8) is 0 Å². The molecule has 0 amide bonds. The predicted molar refractivity (Wildman–Crippen MR) is 137 cm³/mol. The van der Waals surface area contributed by atoms with Gasteiger partial charge in [-0.25, -0.2) is 0 Å². The molecule has 0 nitrogen and oxygen atoms in total. The monoisotopic (exact) mass is 430 g/mol. The van der Waals surface area contributed by atoms with Crippen molar-refractivity contribution in [1.29, 1.82) is 0 Å². The summed E-state index contributed by atoms with van der Waals surface area (Å²) >= 11 is 0. The summed E-state index contributed by atoms with van der Waals surface area (Å²) in [5.74, 6) is 0. The van der Waals surface area contributed by atoms with E-state index in [0.29, 0.717) is 0 Å². The van der Waals surface area contributed by atoms with Gasteiger partial charge in [0.2, 0.25) is 0 Å². The number of benzene rings is 2. The molecule has 0 aliphatic rings. The third-order valence-corrected chi connectivity index (χ3v) is 1.33. The normalized spacial score (nSPS) is 5.57. The average molecular weight is 431 g/mol. The van der Waals surface area contributed by atoms with Crippen molar-refractivity contribution in [3.05, 3.63) is 80.2 Å². The molecule has 1 heteroatoms. The Morgan fingerprint density at radius 2 is 0.357 bits per heavy atom. The van der Waals surface area contributed by atoms with E-state index in [1.807, 2.05) is 128 Å². The van der Waals surface area contributed by atoms with E-state index < -0.39 is 0 Å². The van der Waals surface area contributed by atoms with Crippen LogP contribution in [0.15, 0.2) is 72.8 Å². The zero-order valence-electron chi connectivity index (χ0n) is 21.8. The maximum Gasteiger partial charge on any atom is 0 e. The number of hydrogen-bond donors (Lipinski definition) is 0. The zero-order valence-corrected chi connectivity index (χ0v) is 23.2. The van der Waals surface area contributed by atoms with Gasteiger partial charge in [0, 0.05) is 18.6 Å². The van der Waals surface area contributed by atoms with Crippen molar-refractivity contribution in [1.82, 2.24) is 0 Å². The first kappa shape index (κ1) is 50.6. The third-order valence-electron chi connectivity index (χ3n) is 1.33. The van der Waals surface area contributed by atoms with Crippen molar-refractivity contribution in [3.8, 4) is 0 Å². The molecule has 2 rings (SSSR count). The molecule has 0 bridgehead atoms. The minimum absolute atomic E-state index is 0. The Morgan fingerprint density at radius 1 is 0.321 bits per heavy atom. The van der Waals surface area contributed by atoms with E-state index in [9.17, 15) is 0 Å². The molecule has 1 radical (unpaired) electrons. The summed E-state index contributed by atoms with van der Waals surface area (Å²) < 4.78 is 0. The van der Waals surface area contributed by atoms with Gasteiger partial charge in [-0.05, 0) is 0 Å². The second-order valence-corrected chi connectivity index (χ2v) is 3.72. The molecule has 0 atom stereocenters. The van der Waals surface area contributed by atoms with Gasteiger partial charge in [0.25, 0.3) is 0 Å². The maximum atomic E-state index is 2.12. The van der Waals surface area contributed by atoms with Crippen LogP contribution in [-0.2, 0) is 18.6 Å². The second kappa shape index (κ2) is 96.1. The van der Waals surface area contributed by atoms with Crippen molar-refractivity contribution >= 4 is 0 Å². The molecule has 0 aliphatic heterocycles. The fraction of sp³-hybridized carbons (Fsp3) is 0.519. The fourth-order valence-corrected chi connectivity index (χ4v) is 0.770. The average Bonchev–Trinajstić information content (AvgIpc) is 2.78. The van der Waals surface area contributed by atoms with E-state index in [4.69, 9.17) is 0 Å². The van der Waals surface area contributed by atoms with Gasteiger partial charge in [-0.2, -0.15) is 0 Å². The van der Waals surface area contributed by atoms with Gasteiger partial charge in [0.1, 0.15) is 0 Å². The van der Waals surface area contributed by atoms with Crippen LogP contribution in [0.25, 0.3) is 0 Å². The third kappa shape index (κ3) is 119. The Labute approximate surface area is 194 Å². The molecule has 169 valence electrons. The first-order valence-corrected chi connectivity index (χ1v) is 10.8. The molecule has 0 saturated heterocycles. The molecule has 0 aliphatic carbocycles. The fourth-order valence-electron chi connectivity index (χ4n) is 0.770. The summed E-state index contributed by atoms with van der Waals surface area (Å²) in [7, 11) is 0. The van der Waals surface area contributed by atoms with E-state index >= 15 is 0 Å². The van der Waals surface area contributed by atoms with Crippen LogP contribution in [0.5, 0.6) is 0 Å². The summed E-state index contributed by atoms with van der Waals surface area (Å²) in [5, 5.41) is 0. The van der Waals surface area contributed by atoms with E-state index in [2.05, 4.69) is 27.7 Å². The van der Waals surface area contributed by atoms with Gasteiger partial charge in [-0.3, -0.25) is 0 Å². The van der Waals surface area contributed by atoms with Crippen LogP contribution < -0.4 is 0 Å². The van der Waals surface area contributed by atoms with Crippen LogP contribution in [-0.4, -0.2) is 0 Å². The van der Waals surface area contributed by atoms with Gasteiger partial charge in [0.15, 0.2) is 0 Å². The molecular weight excluding hydrogens is 375 g/mol. The maximum absolute atomic E-state index is 2.12. The van der Waals surface area contributed by atoms with E-state index in [1.54, 1.807) is 0 Å². The first-order chi connectivity index (χ1) is 12.8. The molecule has 2 aromatic carbocycles. The predicted octanol–water partition coefficient (Wildman–Crippen LogP) is 10.8. The van der Waals surface area contributed by atoms with E-state index in [1.165, 1.54) is 12.8 Å². The molecule has 0 fully saturated rings. The standard InChI is InChI=1S/2C6H6.2C3H8.4C2H6.CH3.V/c2*1-2-4-6-5-3-1;2*1-3-2;4*1-2;;/h2*1-6H;2*3H2,1-2H3;4*1-2H3;1H3;/q;;;;;;;;-1;. The van der Waals surface area contributed by atoms with Crippen LogP contribution in [0.1, 0.15) is 95.9 Å². The van der Waals surface area contributed by atoms with Crippen LogP contribution in [0.4, 0.5) is 0 Å². The van der Waals surface area contributed by atoms with Crippen molar-refractivity contribution in [2.24, 2.45) is 0 Å². The van der Waals surface area contributed by atoms with Gasteiger partial charge in [0.05, 0.1) is 0 Å². The van der Waals surface area contributed by atoms with Gasteiger partial charge in [-0.1, -0.05) is 169 Å². The molecule has 0 spiro atoms. The quantitative estimate of drug-likeness (QED) is 0.364. The van der Waals surface area contributed by atoms with Crippen molar-refractivity contribution in [2.75, 3.05) is 0 Å². The molecule has 2 aromatic rings. The molecular formula is C27H55V-. The summed E-state index contributed by atoms with van der Waals surface area (Å²) in [5.41, 5.74) is 0. The zero-order chi connectivity index (χ0) is 21.9. The number of hydrogen-bond acceptors (Lipinski definition) is 0. The Bertz CT molecular complexity index is 206. The smallest absolute Gasteiger partial charge is 0 e. The van der Waals surface area contributed by atoms with Crippen molar-refractivity contribution in [2.45, 2.75) is 95.9 Å². The summed E-state index contributed by atoms with van der Waals surface area (Å²) in [4.78, 5) is 0. The topological polar surface area (TPSA) is 0 Å². The summed E-state index contributed by atoms with van der Waals surface area (Å²) in [6, 6.07) is 24.0. The van der Waals surface area contributed by atoms with E-state index in [0.717, 1.165) is 0 Å². The molecule has 0 N–H and O–H groups in total. The van der Waals surface area contributed by atoms with E-state index in [-0.39, 0.29) is 26.0 Å². The first-order valence-electron chi connectivity index (χ1n) is 10.8. The summed E-state index contributed by atoms with van der Waals surface area (Å²) in [6.07, 6.45) is 2.50. The molecule has 0 unspecified atom stereocenters. The number of rotatable bonds is 0.